The molecule has 7 heteroatoms. The van der Waals surface area contributed by atoms with Crippen LogP contribution in [0.15, 0.2) is 30.5 Å². The molecule has 7 nitrogen and oxygen atoms in total. The highest BCUT2D eigenvalue weighted by molar-refractivity contribution is 6.11. The first-order chi connectivity index (χ1) is 11.3. The van der Waals surface area contributed by atoms with Crippen molar-refractivity contribution in [3.8, 4) is 5.75 Å². The number of aliphatic hydroxyl groups is 1. The Morgan fingerprint density at radius 2 is 1.92 bits per heavy atom. The highest BCUT2D eigenvalue weighted by atomic mass is 16.5. The van der Waals surface area contributed by atoms with E-state index in [4.69, 9.17) is 15.6 Å². The van der Waals surface area contributed by atoms with Crippen molar-refractivity contribution in [3.05, 3.63) is 52.8 Å². The number of nitrogens with two attached hydrogens (primary N) is 1. The molecular weight excluding hydrogens is 312 g/mol. The van der Waals surface area contributed by atoms with Crippen LogP contribution in [0.3, 0.4) is 0 Å². The van der Waals surface area contributed by atoms with Gasteiger partial charge in [0.25, 0.3) is 0 Å². The summed E-state index contributed by atoms with van der Waals surface area (Å²) < 4.78 is 5.57. The number of nitrogens with zero attached hydrogens (tertiary/aromatic N) is 1. The number of hydrogen-bond acceptors (Lipinski definition) is 6. The lowest BCUT2D eigenvalue weighted by molar-refractivity contribution is 0.0696. The summed E-state index contributed by atoms with van der Waals surface area (Å²) in [7, 11) is 0. The van der Waals surface area contributed by atoms with Crippen LogP contribution in [0.4, 0.5) is 5.69 Å². The van der Waals surface area contributed by atoms with Gasteiger partial charge in [0.2, 0.25) is 5.78 Å². The van der Waals surface area contributed by atoms with Gasteiger partial charge in [-0.25, -0.2) is 9.78 Å². The number of nitrogen functional groups attached to an aromatic ring is 1. The molecule has 0 atom stereocenters. The smallest absolute Gasteiger partial charge is 0.337 e. The fraction of sp³-hybridized carbons (Fsp3) is 0.235. The molecule has 1 aromatic carbocycles. The number of pyridine rings is 1. The first-order valence-electron chi connectivity index (χ1n) is 7.26. The number of aromatic nitrogens is 1. The average Bonchev–Trinajstić information content (AvgIpc) is 2.53. The summed E-state index contributed by atoms with van der Waals surface area (Å²) in [5.74, 6) is -1.21. The predicted octanol–water partition coefficient (Wildman–Crippen LogP) is 1.87. The number of ketones is 1. The van der Waals surface area contributed by atoms with Crippen molar-refractivity contribution in [1.82, 2.24) is 4.98 Å². The molecule has 0 amide bonds. The van der Waals surface area contributed by atoms with Gasteiger partial charge in [-0.05, 0) is 43.7 Å². The second-order valence-corrected chi connectivity index (χ2v) is 5.49. The second-order valence-electron chi connectivity index (χ2n) is 5.49. The zero-order valence-electron chi connectivity index (χ0n) is 13.3. The zero-order chi connectivity index (χ0) is 17.9. The van der Waals surface area contributed by atoms with E-state index in [0.29, 0.717) is 11.3 Å². The first-order valence-corrected chi connectivity index (χ1v) is 7.26. The van der Waals surface area contributed by atoms with E-state index in [2.05, 4.69) is 4.98 Å². The van der Waals surface area contributed by atoms with Crippen LogP contribution in [0.1, 0.15) is 45.8 Å². The van der Waals surface area contributed by atoms with Crippen molar-refractivity contribution < 1.29 is 24.5 Å². The molecular formula is C17H18N2O5. The number of anilines is 1. The van der Waals surface area contributed by atoms with Gasteiger partial charge in [0.05, 0.1) is 24.0 Å². The fourth-order valence-corrected chi connectivity index (χ4v) is 2.15. The van der Waals surface area contributed by atoms with Crippen LogP contribution in [0.5, 0.6) is 5.75 Å². The zero-order valence-corrected chi connectivity index (χ0v) is 13.3. The van der Waals surface area contributed by atoms with Crippen molar-refractivity contribution in [2.24, 2.45) is 0 Å². The van der Waals surface area contributed by atoms with Gasteiger partial charge in [-0.3, -0.25) is 4.79 Å². The van der Waals surface area contributed by atoms with E-state index in [1.165, 1.54) is 18.2 Å². The normalized spacial score (nSPS) is 10.7. The predicted molar refractivity (Wildman–Crippen MR) is 87.2 cm³/mol. The Bertz CT molecular complexity index is 787. The summed E-state index contributed by atoms with van der Waals surface area (Å²) in [4.78, 5) is 27.4. The molecule has 0 aliphatic carbocycles. The minimum Gasteiger partial charge on any atom is -0.491 e. The summed E-state index contributed by atoms with van der Waals surface area (Å²) in [6.07, 6.45) is 0.979. The van der Waals surface area contributed by atoms with Crippen molar-refractivity contribution in [1.29, 1.82) is 0 Å². The van der Waals surface area contributed by atoms with E-state index in [9.17, 15) is 14.7 Å². The maximum Gasteiger partial charge on any atom is 0.337 e. The Morgan fingerprint density at radius 3 is 2.46 bits per heavy atom. The number of ether oxygens (including phenoxy) is 1. The van der Waals surface area contributed by atoms with Crippen LogP contribution in [0.2, 0.25) is 0 Å². The molecule has 0 bridgehead atoms. The molecule has 0 fully saturated rings. The SMILES string of the molecule is CC(C)Oc1cc(CO)cc(C(=O)c2ncc(C(=O)O)cc2N)c1. The summed E-state index contributed by atoms with van der Waals surface area (Å²) >= 11 is 0. The number of carboxylic acid groups (broad SMARTS) is 1. The third-order valence-electron chi connectivity index (χ3n) is 3.16. The summed E-state index contributed by atoms with van der Waals surface area (Å²) in [5, 5.41) is 18.3. The van der Waals surface area contributed by atoms with E-state index >= 15 is 0 Å². The maximum atomic E-state index is 12.6. The molecule has 1 heterocycles. The number of aliphatic hydroxyl groups excluding tert-OH is 1. The molecule has 2 aromatic rings. The lowest BCUT2D eigenvalue weighted by Crippen LogP contribution is -2.12. The summed E-state index contributed by atoms with van der Waals surface area (Å²) in [6, 6.07) is 5.88. The Kier molecular flexibility index (Phi) is 5.15. The number of benzene rings is 1. The van der Waals surface area contributed by atoms with Gasteiger partial charge in [0, 0.05) is 11.8 Å². The highest BCUT2D eigenvalue weighted by Crippen LogP contribution is 2.23. The van der Waals surface area contributed by atoms with Crippen LogP contribution in [0, 0.1) is 0 Å². The molecule has 2 rings (SSSR count). The van der Waals surface area contributed by atoms with Gasteiger partial charge in [-0.15, -0.1) is 0 Å². The highest BCUT2D eigenvalue weighted by Gasteiger charge is 2.18. The topological polar surface area (TPSA) is 123 Å². The van der Waals surface area contributed by atoms with Gasteiger partial charge < -0.3 is 20.7 Å². The Morgan fingerprint density at radius 1 is 1.21 bits per heavy atom. The molecule has 24 heavy (non-hydrogen) atoms. The van der Waals surface area contributed by atoms with E-state index in [-0.39, 0.29) is 35.2 Å². The summed E-state index contributed by atoms with van der Waals surface area (Å²) in [5.41, 5.74) is 6.34. The first kappa shape index (κ1) is 17.4. The standard InChI is InChI=1S/C17H18N2O5/c1-9(2)24-13-4-10(8-20)3-11(5-13)16(21)15-14(18)6-12(7-19-15)17(22)23/h3-7,9,20H,8,18H2,1-2H3,(H,22,23). The third-order valence-corrected chi connectivity index (χ3v) is 3.16. The molecule has 0 unspecified atom stereocenters. The van der Waals surface area contributed by atoms with E-state index < -0.39 is 11.8 Å². The fourth-order valence-electron chi connectivity index (χ4n) is 2.15. The third kappa shape index (κ3) is 3.88. The average molecular weight is 330 g/mol. The van der Waals surface area contributed by atoms with Gasteiger partial charge in [0.15, 0.2) is 0 Å². The van der Waals surface area contributed by atoms with Crippen LogP contribution in [0.25, 0.3) is 0 Å². The number of aromatic carboxylic acids is 1. The molecule has 1 aromatic heterocycles. The van der Waals surface area contributed by atoms with Gasteiger partial charge in [0.1, 0.15) is 11.4 Å². The lowest BCUT2D eigenvalue weighted by Gasteiger charge is -2.13. The number of rotatable bonds is 6. The molecule has 4 N–H and O–H groups in total. The van der Waals surface area contributed by atoms with Gasteiger partial charge >= 0.3 is 5.97 Å². The Labute approximate surface area is 138 Å². The maximum absolute atomic E-state index is 12.6. The number of carboxylic acids is 1. The van der Waals surface area contributed by atoms with Crippen molar-refractivity contribution >= 4 is 17.4 Å². The van der Waals surface area contributed by atoms with Crippen molar-refractivity contribution in [2.75, 3.05) is 5.73 Å². The number of carbonyl (C=O) groups excluding carboxylic acids is 1. The molecule has 0 spiro atoms. The quantitative estimate of drug-likeness (QED) is 0.691. The molecule has 0 saturated carbocycles. The largest absolute Gasteiger partial charge is 0.491 e. The number of hydrogen-bond donors (Lipinski definition) is 3. The Hall–Kier alpha value is -2.93. The second kappa shape index (κ2) is 7.10. The molecule has 0 aliphatic heterocycles. The van der Waals surface area contributed by atoms with E-state index in [1.807, 2.05) is 13.8 Å². The lowest BCUT2D eigenvalue weighted by atomic mass is 10.0. The van der Waals surface area contributed by atoms with Crippen molar-refractivity contribution in [3.63, 3.8) is 0 Å². The van der Waals surface area contributed by atoms with E-state index in [0.717, 1.165) is 6.20 Å². The van der Waals surface area contributed by atoms with Crippen molar-refractivity contribution in [2.45, 2.75) is 26.6 Å². The minimum atomic E-state index is -1.18. The minimum absolute atomic E-state index is 0.0272. The van der Waals surface area contributed by atoms with E-state index in [1.54, 1.807) is 6.07 Å². The Balaban J connectivity index is 2.43. The molecule has 126 valence electrons. The molecule has 0 radical (unpaired) electrons. The molecule has 0 aliphatic rings. The molecule has 0 saturated heterocycles. The van der Waals surface area contributed by atoms with Crippen LogP contribution in [-0.4, -0.2) is 33.1 Å². The van der Waals surface area contributed by atoms with Crippen LogP contribution >= 0.6 is 0 Å². The monoisotopic (exact) mass is 330 g/mol. The number of carbonyl (C=O) groups is 2. The van der Waals surface area contributed by atoms with Crippen LogP contribution < -0.4 is 10.5 Å². The van der Waals surface area contributed by atoms with Gasteiger partial charge in [-0.2, -0.15) is 0 Å². The summed E-state index contributed by atoms with van der Waals surface area (Å²) in [6.45, 7) is 3.44. The van der Waals surface area contributed by atoms with Gasteiger partial charge in [-0.1, -0.05) is 0 Å². The van der Waals surface area contributed by atoms with Crippen LogP contribution in [-0.2, 0) is 6.61 Å².